The molecule has 0 radical (unpaired) electrons. The molecule has 0 bridgehead atoms. The van der Waals surface area contributed by atoms with Crippen molar-refractivity contribution in [2.45, 2.75) is 20.3 Å². The summed E-state index contributed by atoms with van der Waals surface area (Å²) in [6, 6.07) is 0. The molecule has 7 heteroatoms. The summed E-state index contributed by atoms with van der Waals surface area (Å²) in [6.07, 6.45) is 0.924. The Morgan fingerprint density at radius 3 is 2.33 bits per heavy atom. The molecule has 1 rings (SSSR count). The van der Waals surface area contributed by atoms with Crippen molar-refractivity contribution in [2.24, 2.45) is 0 Å². The molecule has 6 nitrogen and oxygen atoms in total. The summed E-state index contributed by atoms with van der Waals surface area (Å²) in [5.74, 6) is -0.693. The van der Waals surface area contributed by atoms with Gasteiger partial charge in [-0.05, 0) is 13.3 Å². The lowest BCUT2D eigenvalue weighted by atomic mass is 10.2. The molecule has 0 aliphatic heterocycles. The standard InChI is InChI=1S/C14H23N3O3S/c1-6-8-17(5)13-9(14(19)20-7-2)10(15)11(21-13)12(18)16(3)4/h6-8,15H2,1-5H3. The van der Waals surface area contributed by atoms with Crippen LogP contribution in [-0.4, -0.2) is 51.1 Å². The molecule has 0 saturated carbocycles. The highest BCUT2D eigenvalue weighted by Gasteiger charge is 2.28. The molecule has 0 saturated heterocycles. The minimum Gasteiger partial charge on any atom is -0.462 e. The van der Waals surface area contributed by atoms with Gasteiger partial charge >= 0.3 is 5.97 Å². The maximum Gasteiger partial charge on any atom is 0.343 e. The van der Waals surface area contributed by atoms with Gasteiger partial charge in [0.05, 0.1) is 12.3 Å². The number of hydrogen-bond acceptors (Lipinski definition) is 6. The van der Waals surface area contributed by atoms with Crippen LogP contribution < -0.4 is 10.6 Å². The molecule has 0 unspecified atom stereocenters. The van der Waals surface area contributed by atoms with Crippen LogP contribution in [-0.2, 0) is 4.74 Å². The van der Waals surface area contributed by atoms with E-state index in [1.807, 2.05) is 18.9 Å². The smallest absolute Gasteiger partial charge is 0.343 e. The number of ether oxygens (including phenoxy) is 1. The molecule has 2 N–H and O–H groups in total. The molecule has 0 aromatic carbocycles. The molecule has 0 aliphatic rings. The number of rotatable bonds is 6. The van der Waals surface area contributed by atoms with E-state index >= 15 is 0 Å². The van der Waals surface area contributed by atoms with Gasteiger partial charge in [0.25, 0.3) is 5.91 Å². The van der Waals surface area contributed by atoms with Crippen molar-refractivity contribution in [1.82, 2.24) is 4.90 Å². The molecule has 21 heavy (non-hydrogen) atoms. The van der Waals surface area contributed by atoms with Gasteiger partial charge in [0.1, 0.15) is 15.4 Å². The summed E-state index contributed by atoms with van der Waals surface area (Å²) in [7, 11) is 5.18. The Morgan fingerprint density at radius 2 is 1.86 bits per heavy atom. The normalized spacial score (nSPS) is 10.3. The minimum atomic E-state index is -0.484. The summed E-state index contributed by atoms with van der Waals surface area (Å²) >= 11 is 1.23. The molecule has 0 atom stereocenters. The van der Waals surface area contributed by atoms with Gasteiger partial charge in [0, 0.05) is 27.7 Å². The Labute approximate surface area is 129 Å². The molecule has 0 aliphatic carbocycles. The molecular formula is C14H23N3O3S. The lowest BCUT2D eigenvalue weighted by molar-refractivity contribution is 0.0529. The van der Waals surface area contributed by atoms with Crippen LogP contribution in [0.5, 0.6) is 0 Å². The van der Waals surface area contributed by atoms with Gasteiger partial charge < -0.3 is 20.3 Å². The van der Waals surface area contributed by atoms with Gasteiger partial charge in [-0.1, -0.05) is 6.92 Å². The topological polar surface area (TPSA) is 75.9 Å². The first kappa shape index (κ1) is 17.3. The number of esters is 1. The molecule has 0 fully saturated rings. The van der Waals surface area contributed by atoms with Gasteiger partial charge in [0.2, 0.25) is 0 Å². The van der Waals surface area contributed by atoms with E-state index in [-0.39, 0.29) is 18.2 Å². The third-order valence-electron chi connectivity index (χ3n) is 2.91. The third kappa shape index (κ3) is 3.66. The number of nitrogens with two attached hydrogens (primary N) is 1. The first-order valence-corrected chi connectivity index (χ1v) is 7.68. The van der Waals surface area contributed by atoms with Gasteiger partial charge in [-0.25, -0.2) is 4.79 Å². The first-order chi connectivity index (χ1) is 9.84. The number of thiophene rings is 1. The van der Waals surface area contributed by atoms with Crippen LogP contribution in [0.1, 0.15) is 40.3 Å². The van der Waals surface area contributed by atoms with Crippen LogP contribution in [0.3, 0.4) is 0 Å². The van der Waals surface area contributed by atoms with E-state index in [2.05, 4.69) is 0 Å². The number of anilines is 2. The predicted octanol–water partition coefficient (Wildman–Crippen LogP) is 2.05. The second kappa shape index (κ2) is 7.31. The highest BCUT2D eigenvalue weighted by molar-refractivity contribution is 7.19. The summed E-state index contributed by atoms with van der Waals surface area (Å²) in [5.41, 5.74) is 6.54. The fraction of sp³-hybridized carbons (Fsp3) is 0.571. The largest absolute Gasteiger partial charge is 0.462 e. The number of nitrogens with zero attached hydrogens (tertiary/aromatic N) is 2. The molecule has 0 spiro atoms. The maximum atomic E-state index is 12.2. The minimum absolute atomic E-state index is 0.204. The Kier molecular flexibility index (Phi) is 6.02. The highest BCUT2D eigenvalue weighted by atomic mass is 32.1. The number of carbonyl (C=O) groups is 2. The van der Waals surface area contributed by atoms with Crippen molar-refractivity contribution in [1.29, 1.82) is 0 Å². The summed E-state index contributed by atoms with van der Waals surface area (Å²) in [4.78, 5) is 28.1. The number of nitrogen functional groups attached to an aromatic ring is 1. The Bertz CT molecular complexity index is 526. The predicted molar refractivity (Wildman–Crippen MR) is 86.3 cm³/mol. The first-order valence-electron chi connectivity index (χ1n) is 6.87. The van der Waals surface area contributed by atoms with Crippen molar-refractivity contribution in [3.8, 4) is 0 Å². The van der Waals surface area contributed by atoms with Crippen LogP contribution in [0.2, 0.25) is 0 Å². The Morgan fingerprint density at radius 1 is 1.24 bits per heavy atom. The van der Waals surface area contributed by atoms with E-state index in [9.17, 15) is 9.59 Å². The highest BCUT2D eigenvalue weighted by Crippen LogP contribution is 2.39. The molecule has 1 heterocycles. The monoisotopic (exact) mass is 313 g/mol. The molecule has 1 aromatic heterocycles. The lowest BCUT2D eigenvalue weighted by Gasteiger charge is -2.17. The van der Waals surface area contributed by atoms with E-state index in [0.717, 1.165) is 13.0 Å². The maximum absolute atomic E-state index is 12.2. The van der Waals surface area contributed by atoms with Crippen molar-refractivity contribution < 1.29 is 14.3 Å². The van der Waals surface area contributed by atoms with E-state index in [4.69, 9.17) is 10.5 Å². The van der Waals surface area contributed by atoms with Crippen LogP contribution in [0.4, 0.5) is 10.7 Å². The molecular weight excluding hydrogens is 290 g/mol. The van der Waals surface area contributed by atoms with Crippen molar-refractivity contribution in [3.63, 3.8) is 0 Å². The van der Waals surface area contributed by atoms with Crippen LogP contribution in [0.25, 0.3) is 0 Å². The third-order valence-corrected chi connectivity index (χ3v) is 4.22. The number of hydrogen-bond donors (Lipinski definition) is 1. The van der Waals surface area contributed by atoms with E-state index in [1.54, 1.807) is 21.0 Å². The number of carbonyl (C=O) groups excluding carboxylic acids is 2. The van der Waals surface area contributed by atoms with Crippen molar-refractivity contribution in [3.05, 3.63) is 10.4 Å². The van der Waals surface area contributed by atoms with Gasteiger partial charge in [-0.3, -0.25) is 4.79 Å². The van der Waals surface area contributed by atoms with Crippen LogP contribution in [0.15, 0.2) is 0 Å². The van der Waals surface area contributed by atoms with E-state index < -0.39 is 5.97 Å². The second-order valence-corrected chi connectivity index (χ2v) is 5.87. The number of amides is 1. The Balaban J connectivity index is 3.36. The SMILES string of the molecule is CCCN(C)c1sc(C(=O)N(C)C)c(N)c1C(=O)OCC. The lowest BCUT2D eigenvalue weighted by Crippen LogP contribution is -2.22. The van der Waals surface area contributed by atoms with E-state index in [1.165, 1.54) is 16.2 Å². The van der Waals surface area contributed by atoms with E-state index in [0.29, 0.717) is 15.4 Å². The fourth-order valence-corrected chi connectivity index (χ4v) is 3.12. The quantitative estimate of drug-likeness (QED) is 0.814. The zero-order chi connectivity index (χ0) is 16.2. The zero-order valence-electron chi connectivity index (χ0n) is 13.2. The second-order valence-electron chi connectivity index (χ2n) is 4.87. The summed E-state index contributed by atoms with van der Waals surface area (Å²) < 4.78 is 5.07. The van der Waals surface area contributed by atoms with Crippen molar-refractivity contribution in [2.75, 3.05) is 44.9 Å². The van der Waals surface area contributed by atoms with Crippen LogP contribution in [0, 0.1) is 0 Å². The average Bonchev–Trinajstić information content (AvgIpc) is 2.76. The van der Waals surface area contributed by atoms with Gasteiger partial charge in [0.15, 0.2) is 0 Å². The molecule has 1 aromatic rings. The fourth-order valence-electron chi connectivity index (χ4n) is 1.90. The van der Waals surface area contributed by atoms with Crippen LogP contribution >= 0.6 is 11.3 Å². The van der Waals surface area contributed by atoms with Gasteiger partial charge in [-0.2, -0.15) is 0 Å². The average molecular weight is 313 g/mol. The Hall–Kier alpha value is -1.76. The summed E-state index contributed by atoms with van der Waals surface area (Å²) in [5, 5.41) is 0.679. The molecule has 1 amide bonds. The molecule has 118 valence electrons. The van der Waals surface area contributed by atoms with Gasteiger partial charge in [-0.15, -0.1) is 11.3 Å². The van der Waals surface area contributed by atoms with Crippen molar-refractivity contribution >= 4 is 33.9 Å². The zero-order valence-corrected chi connectivity index (χ0v) is 14.0. The summed E-state index contributed by atoms with van der Waals surface area (Å²) in [6.45, 7) is 4.81.